The fourth-order valence-electron chi connectivity index (χ4n) is 2.25. The van der Waals surface area contributed by atoms with Crippen molar-refractivity contribution in [1.82, 2.24) is 15.2 Å². The summed E-state index contributed by atoms with van der Waals surface area (Å²) in [4.78, 5) is 27.6. The molecule has 26 heavy (non-hydrogen) atoms. The third kappa shape index (κ3) is 4.47. The SMILES string of the molecule is CC(=O)c1cccc(NC(=O)c2ccc(NCc3ccncc3)nn2)c1. The second-order valence-corrected chi connectivity index (χ2v) is 5.60. The van der Waals surface area contributed by atoms with Crippen molar-refractivity contribution in [3.63, 3.8) is 0 Å². The van der Waals surface area contributed by atoms with Gasteiger partial charge in [0.2, 0.25) is 0 Å². The van der Waals surface area contributed by atoms with Crippen molar-refractivity contribution < 1.29 is 9.59 Å². The molecule has 0 aliphatic rings. The lowest BCUT2D eigenvalue weighted by Gasteiger charge is -2.07. The Morgan fingerprint density at radius 1 is 1.00 bits per heavy atom. The number of nitrogens with one attached hydrogen (secondary N) is 2. The molecule has 7 heteroatoms. The first-order valence-corrected chi connectivity index (χ1v) is 8.01. The summed E-state index contributed by atoms with van der Waals surface area (Å²) in [6.07, 6.45) is 3.44. The van der Waals surface area contributed by atoms with Crippen molar-refractivity contribution in [3.8, 4) is 0 Å². The first-order chi connectivity index (χ1) is 12.6. The molecule has 0 saturated carbocycles. The van der Waals surface area contributed by atoms with Gasteiger partial charge in [0.1, 0.15) is 5.82 Å². The summed E-state index contributed by atoms with van der Waals surface area (Å²) in [5, 5.41) is 13.8. The van der Waals surface area contributed by atoms with Gasteiger partial charge >= 0.3 is 0 Å². The van der Waals surface area contributed by atoms with Gasteiger partial charge in [0.25, 0.3) is 5.91 Å². The first kappa shape index (κ1) is 17.2. The Hall–Kier alpha value is -3.61. The van der Waals surface area contributed by atoms with E-state index in [4.69, 9.17) is 0 Å². The number of ketones is 1. The predicted octanol–water partition coefficient (Wildman–Crippen LogP) is 2.94. The van der Waals surface area contributed by atoms with Crippen molar-refractivity contribution in [2.75, 3.05) is 10.6 Å². The van der Waals surface area contributed by atoms with Crippen molar-refractivity contribution in [2.24, 2.45) is 0 Å². The van der Waals surface area contributed by atoms with Gasteiger partial charge in [-0.2, -0.15) is 0 Å². The maximum Gasteiger partial charge on any atom is 0.276 e. The third-order valence-electron chi connectivity index (χ3n) is 3.65. The maximum absolute atomic E-state index is 12.3. The molecule has 1 amide bonds. The van der Waals surface area contributed by atoms with Crippen molar-refractivity contribution in [3.05, 3.63) is 77.7 Å². The molecule has 0 bridgehead atoms. The highest BCUT2D eigenvalue weighted by Crippen LogP contribution is 2.13. The van der Waals surface area contributed by atoms with Gasteiger partial charge in [-0.25, -0.2) is 0 Å². The maximum atomic E-state index is 12.3. The molecule has 0 saturated heterocycles. The van der Waals surface area contributed by atoms with Crippen LogP contribution < -0.4 is 10.6 Å². The topological polar surface area (TPSA) is 96.9 Å². The van der Waals surface area contributed by atoms with E-state index < -0.39 is 0 Å². The molecule has 130 valence electrons. The molecule has 0 fully saturated rings. The summed E-state index contributed by atoms with van der Waals surface area (Å²) >= 11 is 0. The van der Waals surface area contributed by atoms with Crippen LogP contribution in [0.4, 0.5) is 11.5 Å². The largest absolute Gasteiger partial charge is 0.365 e. The number of amides is 1. The highest BCUT2D eigenvalue weighted by atomic mass is 16.2. The van der Waals surface area contributed by atoms with E-state index in [2.05, 4.69) is 25.8 Å². The van der Waals surface area contributed by atoms with E-state index >= 15 is 0 Å². The van der Waals surface area contributed by atoms with Gasteiger partial charge in [0, 0.05) is 30.2 Å². The standard InChI is InChI=1S/C19H17N5O2/c1-13(25)15-3-2-4-16(11-15)22-19(26)17-5-6-18(24-23-17)21-12-14-7-9-20-10-8-14/h2-11H,12H2,1H3,(H,21,24)(H,22,26). The molecule has 7 nitrogen and oxygen atoms in total. The Bertz CT molecular complexity index is 911. The van der Waals surface area contributed by atoms with Crippen LogP contribution in [0.25, 0.3) is 0 Å². The number of rotatable bonds is 6. The lowest BCUT2D eigenvalue weighted by molar-refractivity contribution is 0.100. The quantitative estimate of drug-likeness (QED) is 0.666. The molecular formula is C19H17N5O2. The zero-order valence-electron chi connectivity index (χ0n) is 14.1. The lowest BCUT2D eigenvalue weighted by Crippen LogP contribution is -2.15. The zero-order chi connectivity index (χ0) is 18.4. The summed E-state index contributed by atoms with van der Waals surface area (Å²) in [7, 11) is 0. The van der Waals surface area contributed by atoms with E-state index in [0.29, 0.717) is 23.6 Å². The number of aromatic nitrogens is 3. The monoisotopic (exact) mass is 347 g/mol. The van der Waals surface area contributed by atoms with Gasteiger partial charge in [-0.15, -0.1) is 10.2 Å². The van der Waals surface area contributed by atoms with Crippen LogP contribution in [0.3, 0.4) is 0 Å². The normalized spacial score (nSPS) is 10.2. The summed E-state index contributed by atoms with van der Waals surface area (Å²) in [6, 6.07) is 13.8. The number of hydrogen-bond donors (Lipinski definition) is 2. The Balaban J connectivity index is 1.61. The van der Waals surface area contributed by atoms with E-state index in [9.17, 15) is 9.59 Å². The third-order valence-corrected chi connectivity index (χ3v) is 3.65. The van der Waals surface area contributed by atoms with Gasteiger partial charge in [0.05, 0.1) is 0 Å². The number of anilines is 2. The van der Waals surface area contributed by atoms with Crippen LogP contribution in [-0.2, 0) is 6.54 Å². The average Bonchev–Trinajstić information content (AvgIpc) is 2.68. The van der Waals surface area contributed by atoms with Crippen LogP contribution in [0.2, 0.25) is 0 Å². The predicted molar refractivity (Wildman–Crippen MR) is 98.0 cm³/mol. The second-order valence-electron chi connectivity index (χ2n) is 5.60. The minimum atomic E-state index is -0.390. The van der Waals surface area contributed by atoms with Crippen LogP contribution in [0.15, 0.2) is 60.9 Å². The smallest absolute Gasteiger partial charge is 0.276 e. The molecule has 3 rings (SSSR count). The van der Waals surface area contributed by atoms with Gasteiger partial charge in [-0.1, -0.05) is 12.1 Å². The summed E-state index contributed by atoms with van der Waals surface area (Å²) < 4.78 is 0. The van der Waals surface area contributed by atoms with Crippen LogP contribution in [0.5, 0.6) is 0 Å². The second kappa shape index (κ2) is 7.98. The lowest BCUT2D eigenvalue weighted by atomic mass is 10.1. The van der Waals surface area contributed by atoms with Crippen LogP contribution >= 0.6 is 0 Å². The number of Topliss-reactive ketones (excluding diaryl/α,β-unsaturated/α-hetero) is 1. The molecule has 0 atom stereocenters. The summed E-state index contributed by atoms with van der Waals surface area (Å²) in [5.74, 6) is 0.112. The molecule has 0 radical (unpaired) electrons. The minimum absolute atomic E-state index is 0.0643. The van der Waals surface area contributed by atoms with Crippen LogP contribution in [0.1, 0.15) is 33.3 Å². The molecule has 0 aliphatic carbocycles. The molecule has 3 aromatic rings. The average molecular weight is 347 g/mol. The molecule has 2 aromatic heterocycles. The Morgan fingerprint density at radius 3 is 2.50 bits per heavy atom. The number of pyridine rings is 1. The molecular weight excluding hydrogens is 330 g/mol. The van der Waals surface area contributed by atoms with E-state index in [0.717, 1.165) is 5.56 Å². The Labute approximate surface area is 150 Å². The van der Waals surface area contributed by atoms with Crippen molar-refractivity contribution >= 4 is 23.2 Å². The highest BCUT2D eigenvalue weighted by molar-refractivity contribution is 6.03. The number of carbonyl (C=O) groups excluding carboxylic acids is 2. The van der Waals surface area contributed by atoms with Gasteiger partial charge in [0.15, 0.2) is 11.5 Å². The van der Waals surface area contributed by atoms with Crippen molar-refractivity contribution in [2.45, 2.75) is 13.5 Å². The van der Waals surface area contributed by atoms with Crippen molar-refractivity contribution in [1.29, 1.82) is 0 Å². The molecule has 0 spiro atoms. The fourth-order valence-corrected chi connectivity index (χ4v) is 2.25. The zero-order valence-corrected chi connectivity index (χ0v) is 14.1. The van der Waals surface area contributed by atoms with E-state index in [-0.39, 0.29) is 17.4 Å². The highest BCUT2D eigenvalue weighted by Gasteiger charge is 2.10. The van der Waals surface area contributed by atoms with Gasteiger partial charge in [-0.3, -0.25) is 14.6 Å². The minimum Gasteiger partial charge on any atom is -0.365 e. The number of hydrogen-bond acceptors (Lipinski definition) is 6. The fraction of sp³-hybridized carbons (Fsp3) is 0.105. The number of carbonyl (C=O) groups is 2. The van der Waals surface area contributed by atoms with E-state index in [1.54, 1.807) is 48.8 Å². The molecule has 2 heterocycles. The molecule has 1 aromatic carbocycles. The number of nitrogens with zero attached hydrogens (tertiary/aromatic N) is 3. The Kier molecular flexibility index (Phi) is 5.28. The van der Waals surface area contributed by atoms with Crippen LogP contribution in [0, 0.1) is 0 Å². The van der Waals surface area contributed by atoms with Crippen LogP contribution in [-0.4, -0.2) is 26.9 Å². The number of benzene rings is 1. The summed E-state index contributed by atoms with van der Waals surface area (Å²) in [6.45, 7) is 2.06. The molecule has 2 N–H and O–H groups in total. The Morgan fingerprint density at radius 2 is 1.81 bits per heavy atom. The molecule has 0 unspecified atom stereocenters. The van der Waals surface area contributed by atoms with E-state index in [1.807, 2.05) is 12.1 Å². The first-order valence-electron chi connectivity index (χ1n) is 8.01. The summed E-state index contributed by atoms with van der Waals surface area (Å²) in [5.41, 5.74) is 2.32. The van der Waals surface area contributed by atoms with Gasteiger partial charge < -0.3 is 10.6 Å². The van der Waals surface area contributed by atoms with E-state index in [1.165, 1.54) is 6.92 Å². The van der Waals surface area contributed by atoms with Gasteiger partial charge in [-0.05, 0) is 48.9 Å². The molecule has 0 aliphatic heterocycles.